The van der Waals surface area contributed by atoms with E-state index >= 15 is 0 Å². The quantitative estimate of drug-likeness (QED) is 0.731. The molecule has 1 amide bonds. The second-order valence-electron chi connectivity index (χ2n) is 5.45. The lowest BCUT2D eigenvalue weighted by atomic mass is 9.93. The number of nitrogens with one attached hydrogen (secondary N) is 2. The number of hydrogen-bond donors (Lipinski definition) is 3. The smallest absolute Gasteiger partial charge is 0.269 e. The van der Waals surface area contributed by atoms with E-state index in [-0.39, 0.29) is 12.5 Å². The van der Waals surface area contributed by atoms with E-state index in [9.17, 15) is 9.90 Å². The highest BCUT2D eigenvalue weighted by molar-refractivity contribution is 5.92. The van der Waals surface area contributed by atoms with Crippen LogP contribution in [0.5, 0.6) is 0 Å². The molecule has 3 heterocycles. The summed E-state index contributed by atoms with van der Waals surface area (Å²) in [5, 5.41) is 19.8. The maximum absolute atomic E-state index is 11.9. The number of piperidine rings is 1. The van der Waals surface area contributed by atoms with Crippen molar-refractivity contribution in [2.45, 2.75) is 18.4 Å². The fraction of sp³-hybridized carbons (Fsp3) is 0.429. The molecule has 1 unspecified atom stereocenters. The van der Waals surface area contributed by atoms with Crippen LogP contribution in [0.15, 0.2) is 30.7 Å². The standard InChI is InChI=1S/C14H18N6O2/c21-12(11-3-7-18-19-11)17-9-14(22)4-1-8-20(10-14)13-15-5-2-6-16-13/h2-3,5-7,22H,1,4,8-10H2,(H,17,21)(H,18,19). The predicted molar refractivity (Wildman–Crippen MR) is 79.3 cm³/mol. The summed E-state index contributed by atoms with van der Waals surface area (Å²) < 4.78 is 0. The number of anilines is 1. The molecule has 22 heavy (non-hydrogen) atoms. The number of aromatic amines is 1. The molecule has 3 N–H and O–H groups in total. The van der Waals surface area contributed by atoms with Gasteiger partial charge in [0.05, 0.1) is 12.1 Å². The van der Waals surface area contributed by atoms with Crippen LogP contribution in [0.3, 0.4) is 0 Å². The first kappa shape index (κ1) is 14.5. The Bertz CT molecular complexity index is 618. The van der Waals surface area contributed by atoms with E-state index in [1.54, 1.807) is 24.5 Å². The average molecular weight is 302 g/mol. The van der Waals surface area contributed by atoms with Crippen LogP contribution in [-0.4, -0.2) is 56.4 Å². The maximum Gasteiger partial charge on any atom is 0.269 e. The van der Waals surface area contributed by atoms with Crippen LogP contribution in [0.2, 0.25) is 0 Å². The molecule has 1 aliphatic heterocycles. The van der Waals surface area contributed by atoms with E-state index in [1.165, 1.54) is 6.20 Å². The first-order valence-corrected chi connectivity index (χ1v) is 7.18. The van der Waals surface area contributed by atoms with Crippen LogP contribution < -0.4 is 10.2 Å². The zero-order valence-electron chi connectivity index (χ0n) is 12.1. The Morgan fingerprint density at radius 1 is 1.41 bits per heavy atom. The molecule has 0 radical (unpaired) electrons. The number of β-amino-alcohol motifs (C(OH)–C–C–N with tert-alkyl or cyclic N) is 1. The number of carbonyl (C=O) groups excluding carboxylic acids is 1. The van der Waals surface area contributed by atoms with Gasteiger partial charge in [-0.15, -0.1) is 0 Å². The molecule has 1 atom stereocenters. The van der Waals surface area contributed by atoms with E-state index in [0.29, 0.717) is 24.6 Å². The Labute approximate surface area is 127 Å². The summed E-state index contributed by atoms with van der Waals surface area (Å²) in [6.07, 6.45) is 6.30. The van der Waals surface area contributed by atoms with Crippen LogP contribution in [0.25, 0.3) is 0 Å². The number of amides is 1. The number of nitrogens with zero attached hydrogens (tertiary/aromatic N) is 4. The minimum absolute atomic E-state index is 0.175. The first-order valence-electron chi connectivity index (χ1n) is 7.18. The highest BCUT2D eigenvalue weighted by Crippen LogP contribution is 2.23. The molecule has 8 nitrogen and oxygen atoms in total. The molecule has 2 aromatic heterocycles. The van der Waals surface area contributed by atoms with E-state index in [0.717, 1.165) is 13.0 Å². The van der Waals surface area contributed by atoms with E-state index < -0.39 is 5.60 Å². The number of hydrogen-bond acceptors (Lipinski definition) is 6. The SMILES string of the molecule is O=C(NCC1(O)CCCN(c2ncccn2)C1)c1ccn[nH]1. The fourth-order valence-corrected chi connectivity index (χ4v) is 2.60. The molecule has 0 aliphatic carbocycles. The topological polar surface area (TPSA) is 107 Å². The van der Waals surface area contributed by atoms with Crippen molar-refractivity contribution in [3.05, 3.63) is 36.4 Å². The van der Waals surface area contributed by atoms with Gasteiger partial charge in [-0.25, -0.2) is 9.97 Å². The molecular formula is C14H18N6O2. The summed E-state index contributed by atoms with van der Waals surface area (Å²) in [6, 6.07) is 3.34. The molecule has 0 bridgehead atoms. The van der Waals surface area contributed by atoms with Gasteiger partial charge in [0.2, 0.25) is 5.95 Å². The van der Waals surface area contributed by atoms with Crippen LogP contribution in [-0.2, 0) is 0 Å². The lowest BCUT2D eigenvalue weighted by molar-refractivity contribution is 0.0251. The van der Waals surface area contributed by atoms with Crippen LogP contribution in [0.1, 0.15) is 23.3 Å². The molecule has 1 fully saturated rings. The highest BCUT2D eigenvalue weighted by Gasteiger charge is 2.34. The molecule has 0 saturated carbocycles. The minimum atomic E-state index is -0.993. The zero-order chi connectivity index (χ0) is 15.4. The van der Waals surface area contributed by atoms with Gasteiger partial charge in [0, 0.05) is 31.7 Å². The number of H-pyrrole nitrogens is 1. The highest BCUT2D eigenvalue weighted by atomic mass is 16.3. The van der Waals surface area contributed by atoms with Crippen molar-refractivity contribution >= 4 is 11.9 Å². The van der Waals surface area contributed by atoms with E-state index in [1.807, 2.05) is 4.90 Å². The summed E-state index contributed by atoms with van der Waals surface area (Å²) in [4.78, 5) is 22.3. The van der Waals surface area contributed by atoms with Crippen molar-refractivity contribution in [1.82, 2.24) is 25.5 Å². The Morgan fingerprint density at radius 3 is 2.95 bits per heavy atom. The van der Waals surface area contributed by atoms with Gasteiger partial charge in [-0.2, -0.15) is 5.10 Å². The lowest BCUT2D eigenvalue weighted by Gasteiger charge is -2.39. The van der Waals surface area contributed by atoms with Gasteiger partial charge >= 0.3 is 0 Å². The average Bonchev–Trinajstić information content (AvgIpc) is 3.08. The van der Waals surface area contributed by atoms with Gasteiger partial charge in [0.25, 0.3) is 5.91 Å². The lowest BCUT2D eigenvalue weighted by Crippen LogP contribution is -2.54. The van der Waals surface area contributed by atoms with Gasteiger partial charge in [-0.05, 0) is 25.0 Å². The van der Waals surface area contributed by atoms with Gasteiger partial charge in [-0.3, -0.25) is 9.89 Å². The monoisotopic (exact) mass is 302 g/mol. The van der Waals surface area contributed by atoms with Crippen molar-refractivity contribution < 1.29 is 9.90 Å². The van der Waals surface area contributed by atoms with Crippen molar-refractivity contribution in [2.24, 2.45) is 0 Å². The molecule has 8 heteroatoms. The molecule has 2 aromatic rings. The Morgan fingerprint density at radius 2 is 2.23 bits per heavy atom. The number of aromatic nitrogens is 4. The third-order valence-corrected chi connectivity index (χ3v) is 3.71. The second-order valence-corrected chi connectivity index (χ2v) is 5.45. The van der Waals surface area contributed by atoms with Crippen LogP contribution in [0, 0.1) is 0 Å². The fourth-order valence-electron chi connectivity index (χ4n) is 2.60. The summed E-state index contributed by atoms with van der Waals surface area (Å²) in [7, 11) is 0. The molecular weight excluding hydrogens is 284 g/mol. The minimum Gasteiger partial charge on any atom is -0.386 e. The molecule has 116 valence electrons. The summed E-state index contributed by atoms with van der Waals surface area (Å²) in [5.74, 6) is 0.319. The largest absolute Gasteiger partial charge is 0.386 e. The van der Waals surface area contributed by atoms with E-state index in [2.05, 4.69) is 25.5 Å². The van der Waals surface area contributed by atoms with Gasteiger partial charge in [-0.1, -0.05) is 0 Å². The predicted octanol–water partition coefficient (Wildman–Crippen LogP) is -0.0390. The summed E-state index contributed by atoms with van der Waals surface area (Å²) in [5.41, 5.74) is -0.615. The molecule has 0 aromatic carbocycles. The second kappa shape index (κ2) is 6.10. The molecule has 1 aliphatic rings. The van der Waals surface area contributed by atoms with Gasteiger partial charge in [0.15, 0.2) is 0 Å². The Balaban J connectivity index is 1.61. The van der Waals surface area contributed by atoms with Crippen molar-refractivity contribution in [2.75, 3.05) is 24.5 Å². The normalized spacial score (nSPS) is 21.6. The van der Waals surface area contributed by atoms with Crippen LogP contribution in [0.4, 0.5) is 5.95 Å². The van der Waals surface area contributed by atoms with Crippen molar-refractivity contribution in [3.63, 3.8) is 0 Å². The maximum atomic E-state index is 11.9. The number of carbonyl (C=O) groups is 1. The van der Waals surface area contributed by atoms with E-state index in [4.69, 9.17) is 0 Å². The molecule has 3 rings (SSSR count). The first-order chi connectivity index (χ1) is 10.7. The number of aliphatic hydroxyl groups is 1. The van der Waals surface area contributed by atoms with Gasteiger partial charge in [0.1, 0.15) is 5.69 Å². The summed E-state index contributed by atoms with van der Waals surface area (Å²) in [6.45, 7) is 1.36. The van der Waals surface area contributed by atoms with Crippen LogP contribution >= 0.6 is 0 Å². The summed E-state index contributed by atoms with van der Waals surface area (Å²) >= 11 is 0. The molecule has 1 saturated heterocycles. The van der Waals surface area contributed by atoms with Gasteiger partial charge < -0.3 is 15.3 Å². The third kappa shape index (κ3) is 3.22. The Kier molecular flexibility index (Phi) is 4.01. The molecule has 0 spiro atoms. The van der Waals surface area contributed by atoms with Crippen molar-refractivity contribution in [1.29, 1.82) is 0 Å². The number of rotatable bonds is 4. The Hall–Kier alpha value is -2.48. The zero-order valence-corrected chi connectivity index (χ0v) is 12.1. The third-order valence-electron chi connectivity index (χ3n) is 3.71. The van der Waals surface area contributed by atoms with Crippen molar-refractivity contribution in [3.8, 4) is 0 Å².